The number of aromatic nitrogens is 2. The van der Waals surface area contributed by atoms with Crippen molar-refractivity contribution in [1.82, 2.24) is 9.97 Å². The summed E-state index contributed by atoms with van der Waals surface area (Å²) in [6, 6.07) is 5.81. The smallest absolute Gasteiger partial charge is 0.282 e. The number of hydrogen-bond donors (Lipinski definition) is 1. The zero-order valence-electron chi connectivity index (χ0n) is 13.9. The number of nitro benzene ring substituents is 1. The molecule has 1 amide bonds. The maximum atomic E-state index is 12.3. The van der Waals surface area contributed by atoms with Gasteiger partial charge in [-0.2, -0.15) is 0 Å². The molecule has 1 aliphatic rings. The molecule has 0 bridgehead atoms. The molecular weight excluding hydrogens is 322 g/mol. The molecule has 0 radical (unpaired) electrons. The molecule has 0 atom stereocenters. The van der Waals surface area contributed by atoms with E-state index in [1.54, 1.807) is 6.07 Å². The summed E-state index contributed by atoms with van der Waals surface area (Å²) in [7, 11) is 0. The molecular formula is C17H19N5O3. The van der Waals surface area contributed by atoms with E-state index in [0.717, 1.165) is 31.8 Å². The van der Waals surface area contributed by atoms with Crippen molar-refractivity contribution in [2.24, 2.45) is 5.92 Å². The number of nitro groups is 1. The van der Waals surface area contributed by atoms with Crippen LogP contribution in [0.5, 0.6) is 0 Å². The summed E-state index contributed by atoms with van der Waals surface area (Å²) < 4.78 is 0. The third kappa shape index (κ3) is 3.90. The van der Waals surface area contributed by atoms with E-state index in [0.29, 0.717) is 11.6 Å². The highest BCUT2D eigenvalue weighted by molar-refractivity contribution is 6.06. The van der Waals surface area contributed by atoms with Gasteiger partial charge in [0.25, 0.3) is 11.6 Å². The Balaban J connectivity index is 1.69. The summed E-state index contributed by atoms with van der Waals surface area (Å²) in [5.74, 6) is 0.794. The van der Waals surface area contributed by atoms with Gasteiger partial charge in [0.15, 0.2) is 0 Å². The number of carbonyl (C=O) groups excluding carboxylic acids is 1. The van der Waals surface area contributed by atoms with Gasteiger partial charge in [-0.1, -0.05) is 19.1 Å². The third-order valence-electron chi connectivity index (χ3n) is 4.31. The number of amides is 1. The molecule has 1 aliphatic heterocycles. The first-order valence-corrected chi connectivity index (χ1v) is 8.16. The molecule has 0 aliphatic carbocycles. The fourth-order valence-corrected chi connectivity index (χ4v) is 2.78. The summed E-state index contributed by atoms with van der Waals surface area (Å²) in [4.78, 5) is 33.4. The summed E-state index contributed by atoms with van der Waals surface area (Å²) >= 11 is 0. The van der Waals surface area contributed by atoms with Crippen LogP contribution < -0.4 is 10.2 Å². The Morgan fingerprint density at radius 1 is 1.24 bits per heavy atom. The van der Waals surface area contributed by atoms with Crippen molar-refractivity contribution in [3.63, 3.8) is 0 Å². The second-order valence-corrected chi connectivity index (χ2v) is 6.17. The van der Waals surface area contributed by atoms with Gasteiger partial charge in [-0.15, -0.1) is 0 Å². The molecule has 3 rings (SSSR count). The Kier molecular flexibility index (Phi) is 4.87. The second kappa shape index (κ2) is 7.25. The highest BCUT2D eigenvalue weighted by atomic mass is 16.6. The monoisotopic (exact) mass is 341 g/mol. The topological polar surface area (TPSA) is 101 Å². The zero-order chi connectivity index (χ0) is 17.8. The number of benzene rings is 1. The molecule has 0 unspecified atom stereocenters. The van der Waals surface area contributed by atoms with Crippen LogP contribution in [0.25, 0.3) is 0 Å². The summed E-state index contributed by atoms with van der Waals surface area (Å²) in [5.41, 5.74) is 0.166. The Bertz CT molecular complexity index is 770. The van der Waals surface area contributed by atoms with Crippen molar-refractivity contribution in [3.05, 3.63) is 52.3 Å². The van der Waals surface area contributed by atoms with Gasteiger partial charge in [0.2, 0.25) is 5.95 Å². The highest BCUT2D eigenvalue weighted by Gasteiger charge is 2.20. The lowest BCUT2D eigenvalue weighted by molar-refractivity contribution is -0.385. The molecule has 2 aromatic rings. The first kappa shape index (κ1) is 16.8. The van der Waals surface area contributed by atoms with E-state index in [9.17, 15) is 14.9 Å². The van der Waals surface area contributed by atoms with Gasteiger partial charge in [0.1, 0.15) is 5.56 Å². The summed E-state index contributed by atoms with van der Waals surface area (Å²) in [5, 5.41) is 13.6. The third-order valence-corrected chi connectivity index (χ3v) is 4.31. The van der Waals surface area contributed by atoms with Gasteiger partial charge in [-0.3, -0.25) is 14.9 Å². The van der Waals surface area contributed by atoms with Crippen molar-refractivity contribution < 1.29 is 9.72 Å². The standard InChI is InChI=1S/C17H19N5O3/c1-12-6-8-21(9-7-12)17-18-10-13(11-19-17)20-16(23)14-4-2-3-5-15(14)22(24)25/h2-5,10-12H,6-9H2,1H3,(H,20,23). The minimum Gasteiger partial charge on any atom is -0.341 e. The van der Waals surface area contributed by atoms with Crippen LogP contribution in [0.2, 0.25) is 0 Å². The van der Waals surface area contributed by atoms with E-state index < -0.39 is 10.8 Å². The van der Waals surface area contributed by atoms with E-state index >= 15 is 0 Å². The van der Waals surface area contributed by atoms with Crippen LogP contribution in [0.1, 0.15) is 30.1 Å². The van der Waals surface area contributed by atoms with Crippen LogP contribution >= 0.6 is 0 Å². The van der Waals surface area contributed by atoms with Crippen LogP contribution in [0.4, 0.5) is 17.3 Å². The van der Waals surface area contributed by atoms with E-state index in [-0.39, 0.29) is 11.3 Å². The Morgan fingerprint density at radius 3 is 2.52 bits per heavy atom. The van der Waals surface area contributed by atoms with Crippen LogP contribution in [0.15, 0.2) is 36.7 Å². The molecule has 8 heteroatoms. The largest absolute Gasteiger partial charge is 0.341 e. The quantitative estimate of drug-likeness (QED) is 0.678. The summed E-state index contributed by atoms with van der Waals surface area (Å²) in [6.07, 6.45) is 5.26. The Labute approximate surface area is 145 Å². The van der Waals surface area contributed by atoms with Crippen LogP contribution in [0, 0.1) is 16.0 Å². The number of anilines is 2. The molecule has 0 spiro atoms. The first-order chi connectivity index (χ1) is 12.0. The lowest BCUT2D eigenvalue weighted by Gasteiger charge is -2.30. The number of carbonyl (C=O) groups is 1. The molecule has 130 valence electrons. The van der Waals surface area contributed by atoms with E-state index in [1.807, 2.05) is 0 Å². The normalized spacial score (nSPS) is 15.0. The number of nitrogens with zero attached hydrogens (tertiary/aromatic N) is 4. The van der Waals surface area contributed by atoms with Gasteiger partial charge in [0.05, 0.1) is 23.0 Å². The first-order valence-electron chi connectivity index (χ1n) is 8.16. The van der Waals surface area contributed by atoms with Gasteiger partial charge >= 0.3 is 0 Å². The number of nitrogens with one attached hydrogen (secondary N) is 1. The van der Waals surface area contributed by atoms with Crippen molar-refractivity contribution in [1.29, 1.82) is 0 Å². The minimum atomic E-state index is -0.578. The van der Waals surface area contributed by atoms with Crippen molar-refractivity contribution in [2.75, 3.05) is 23.3 Å². The van der Waals surface area contributed by atoms with E-state index in [1.165, 1.54) is 30.6 Å². The van der Waals surface area contributed by atoms with Crippen LogP contribution in [0.3, 0.4) is 0 Å². The predicted octanol–water partition coefficient (Wildman–Crippen LogP) is 2.87. The van der Waals surface area contributed by atoms with Crippen molar-refractivity contribution in [2.45, 2.75) is 19.8 Å². The van der Waals surface area contributed by atoms with Gasteiger partial charge in [-0.25, -0.2) is 9.97 Å². The van der Waals surface area contributed by atoms with Gasteiger partial charge in [0, 0.05) is 19.2 Å². The lowest BCUT2D eigenvalue weighted by atomic mass is 10.00. The SMILES string of the molecule is CC1CCN(c2ncc(NC(=O)c3ccccc3[N+](=O)[O-])cn2)CC1. The van der Waals surface area contributed by atoms with Crippen molar-refractivity contribution in [3.8, 4) is 0 Å². The molecule has 1 fully saturated rings. The number of rotatable bonds is 4. The van der Waals surface area contributed by atoms with Crippen LogP contribution in [-0.2, 0) is 0 Å². The Hall–Kier alpha value is -3.03. The van der Waals surface area contributed by atoms with Gasteiger partial charge < -0.3 is 10.2 Å². The fourth-order valence-electron chi connectivity index (χ4n) is 2.78. The molecule has 0 saturated carbocycles. The molecule has 8 nitrogen and oxygen atoms in total. The molecule has 1 saturated heterocycles. The number of para-hydroxylation sites is 1. The number of piperidine rings is 1. The number of hydrogen-bond acceptors (Lipinski definition) is 6. The maximum absolute atomic E-state index is 12.3. The maximum Gasteiger partial charge on any atom is 0.282 e. The minimum absolute atomic E-state index is 0.00148. The fraction of sp³-hybridized carbons (Fsp3) is 0.353. The second-order valence-electron chi connectivity index (χ2n) is 6.17. The molecule has 25 heavy (non-hydrogen) atoms. The predicted molar refractivity (Wildman–Crippen MR) is 93.7 cm³/mol. The Morgan fingerprint density at radius 2 is 1.88 bits per heavy atom. The average Bonchev–Trinajstić information content (AvgIpc) is 2.63. The zero-order valence-corrected chi connectivity index (χ0v) is 13.9. The molecule has 1 aromatic heterocycles. The van der Waals surface area contributed by atoms with Crippen molar-refractivity contribution >= 4 is 23.2 Å². The lowest BCUT2D eigenvalue weighted by Crippen LogP contribution is -2.34. The molecule has 1 N–H and O–H groups in total. The van der Waals surface area contributed by atoms with E-state index in [4.69, 9.17) is 0 Å². The average molecular weight is 341 g/mol. The summed E-state index contributed by atoms with van der Waals surface area (Å²) in [6.45, 7) is 4.08. The van der Waals surface area contributed by atoms with E-state index in [2.05, 4.69) is 27.1 Å². The molecule has 1 aromatic carbocycles. The van der Waals surface area contributed by atoms with Gasteiger partial charge in [-0.05, 0) is 24.8 Å². The molecule has 2 heterocycles. The van der Waals surface area contributed by atoms with Crippen LogP contribution in [-0.4, -0.2) is 33.9 Å². The highest BCUT2D eigenvalue weighted by Crippen LogP contribution is 2.21.